The van der Waals surface area contributed by atoms with E-state index >= 15 is 0 Å². The van der Waals surface area contributed by atoms with Crippen molar-refractivity contribution in [1.29, 1.82) is 0 Å². The molecule has 0 amide bonds. The molecule has 0 bridgehead atoms. The highest BCUT2D eigenvalue weighted by Gasteiger charge is 2.06. The fourth-order valence-corrected chi connectivity index (χ4v) is 1.58. The summed E-state index contributed by atoms with van der Waals surface area (Å²) in [5.74, 6) is -0.211. The van der Waals surface area contributed by atoms with Gasteiger partial charge < -0.3 is 15.8 Å². The van der Waals surface area contributed by atoms with E-state index in [-0.39, 0.29) is 18.0 Å². The predicted octanol–water partition coefficient (Wildman–Crippen LogP) is 2.56. The molecule has 6 heteroatoms. The highest BCUT2D eigenvalue weighted by Crippen LogP contribution is 2.20. The molecule has 0 saturated carbocycles. The topological polar surface area (TPSA) is 60.2 Å². The number of nitrogens with two attached hydrogens (primary N) is 1. The second-order valence-corrected chi connectivity index (χ2v) is 3.88. The van der Waals surface area contributed by atoms with Crippen LogP contribution in [0.1, 0.15) is 5.56 Å². The van der Waals surface area contributed by atoms with Crippen molar-refractivity contribution in [3.8, 4) is 5.88 Å². The molecule has 19 heavy (non-hydrogen) atoms. The number of methoxy groups -OCH3 is 1. The Balaban J connectivity index is 2.12. The largest absolute Gasteiger partial charge is 0.479 e. The zero-order chi connectivity index (χ0) is 13.8. The summed E-state index contributed by atoms with van der Waals surface area (Å²) in [7, 11) is 1.45. The van der Waals surface area contributed by atoms with Gasteiger partial charge in [-0.05, 0) is 30.3 Å². The SMILES string of the molecule is COc1nc(NCc2cc(F)ccc2F)ccc1N. The van der Waals surface area contributed by atoms with Crippen molar-refractivity contribution in [1.82, 2.24) is 4.98 Å². The Labute approximate surface area is 109 Å². The first-order valence-corrected chi connectivity index (χ1v) is 5.58. The highest BCUT2D eigenvalue weighted by molar-refractivity contribution is 5.53. The lowest BCUT2D eigenvalue weighted by molar-refractivity contribution is 0.401. The number of ether oxygens (including phenoxy) is 1. The molecule has 0 radical (unpaired) electrons. The van der Waals surface area contributed by atoms with Gasteiger partial charge in [0.2, 0.25) is 5.88 Å². The fraction of sp³-hybridized carbons (Fsp3) is 0.154. The van der Waals surface area contributed by atoms with Crippen molar-refractivity contribution in [3.63, 3.8) is 0 Å². The van der Waals surface area contributed by atoms with E-state index in [9.17, 15) is 8.78 Å². The lowest BCUT2D eigenvalue weighted by Crippen LogP contribution is -2.05. The van der Waals surface area contributed by atoms with Crippen LogP contribution in [0.25, 0.3) is 0 Å². The van der Waals surface area contributed by atoms with Crippen LogP contribution in [0.15, 0.2) is 30.3 Å². The summed E-state index contributed by atoms with van der Waals surface area (Å²) < 4.78 is 31.4. The van der Waals surface area contributed by atoms with Crippen LogP contribution < -0.4 is 15.8 Å². The Morgan fingerprint density at radius 2 is 2.05 bits per heavy atom. The maximum Gasteiger partial charge on any atom is 0.238 e. The third-order valence-corrected chi connectivity index (χ3v) is 2.55. The molecule has 0 atom stereocenters. The summed E-state index contributed by atoms with van der Waals surface area (Å²) in [5, 5.41) is 2.88. The summed E-state index contributed by atoms with van der Waals surface area (Å²) in [4.78, 5) is 4.08. The molecule has 4 nitrogen and oxygen atoms in total. The number of nitrogen functional groups attached to an aromatic ring is 1. The number of hydrogen-bond donors (Lipinski definition) is 2. The molecule has 0 unspecified atom stereocenters. The van der Waals surface area contributed by atoms with Crippen molar-refractivity contribution >= 4 is 11.5 Å². The number of aromatic nitrogens is 1. The van der Waals surface area contributed by atoms with Gasteiger partial charge in [0.1, 0.15) is 17.5 Å². The van der Waals surface area contributed by atoms with Gasteiger partial charge in [-0.25, -0.2) is 8.78 Å². The summed E-state index contributed by atoms with van der Waals surface area (Å²) in [5.41, 5.74) is 6.25. The van der Waals surface area contributed by atoms with Gasteiger partial charge in [-0.3, -0.25) is 0 Å². The number of rotatable bonds is 4. The van der Waals surface area contributed by atoms with Crippen LogP contribution in [0, 0.1) is 11.6 Å². The Kier molecular flexibility index (Phi) is 3.79. The predicted molar refractivity (Wildman–Crippen MR) is 68.9 cm³/mol. The maximum absolute atomic E-state index is 13.4. The molecule has 1 aromatic heterocycles. The number of hydrogen-bond acceptors (Lipinski definition) is 4. The molecule has 2 rings (SSSR count). The van der Waals surface area contributed by atoms with Crippen molar-refractivity contribution in [2.24, 2.45) is 0 Å². The van der Waals surface area contributed by atoms with Crippen molar-refractivity contribution in [3.05, 3.63) is 47.5 Å². The smallest absolute Gasteiger partial charge is 0.238 e. The van der Waals surface area contributed by atoms with Gasteiger partial charge in [0.15, 0.2) is 0 Å². The fourth-order valence-electron chi connectivity index (χ4n) is 1.58. The number of pyridine rings is 1. The van der Waals surface area contributed by atoms with Crippen molar-refractivity contribution in [2.45, 2.75) is 6.54 Å². The summed E-state index contributed by atoms with van der Waals surface area (Å²) in [6.45, 7) is 0.115. The van der Waals surface area contributed by atoms with Crippen LogP contribution in [-0.4, -0.2) is 12.1 Å². The summed E-state index contributed by atoms with van der Waals surface area (Å²) >= 11 is 0. The third-order valence-electron chi connectivity index (χ3n) is 2.55. The minimum absolute atomic E-state index is 0.115. The van der Waals surface area contributed by atoms with Gasteiger partial charge >= 0.3 is 0 Å². The lowest BCUT2D eigenvalue weighted by atomic mass is 10.2. The number of halogens is 2. The van der Waals surface area contributed by atoms with Crippen LogP contribution in [0.2, 0.25) is 0 Å². The number of benzene rings is 1. The Morgan fingerprint density at radius 3 is 2.79 bits per heavy atom. The van der Waals surface area contributed by atoms with E-state index in [4.69, 9.17) is 10.5 Å². The first-order chi connectivity index (χ1) is 9.10. The standard InChI is InChI=1S/C13H13F2N3O/c1-19-13-11(16)4-5-12(18-13)17-7-8-6-9(14)2-3-10(8)15/h2-6H,7,16H2,1H3,(H,17,18). The van der Waals surface area contributed by atoms with E-state index in [2.05, 4.69) is 10.3 Å². The van der Waals surface area contributed by atoms with Crippen LogP contribution in [0.3, 0.4) is 0 Å². The average molecular weight is 265 g/mol. The van der Waals surface area contributed by atoms with E-state index in [1.807, 2.05) is 0 Å². The van der Waals surface area contributed by atoms with E-state index in [1.54, 1.807) is 12.1 Å². The first-order valence-electron chi connectivity index (χ1n) is 5.58. The quantitative estimate of drug-likeness (QED) is 0.892. The molecule has 2 aromatic rings. The highest BCUT2D eigenvalue weighted by atomic mass is 19.1. The van der Waals surface area contributed by atoms with Crippen molar-refractivity contribution in [2.75, 3.05) is 18.2 Å². The molecular formula is C13H13F2N3O. The molecule has 0 fully saturated rings. The van der Waals surface area contributed by atoms with Gasteiger partial charge in [-0.2, -0.15) is 4.98 Å². The molecule has 3 N–H and O–H groups in total. The molecule has 100 valence electrons. The number of nitrogens with one attached hydrogen (secondary N) is 1. The van der Waals surface area contributed by atoms with Crippen LogP contribution in [-0.2, 0) is 6.54 Å². The molecular weight excluding hydrogens is 252 g/mol. The van der Waals surface area contributed by atoms with Crippen LogP contribution >= 0.6 is 0 Å². The molecule has 0 saturated heterocycles. The molecule has 0 aliphatic heterocycles. The van der Waals surface area contributed by atoms with E-state index in [1.165, 1.54) is 7.11 Å². The van der Waals surface area contributed by atoms with Gasteiger partial charge in [0, 0.05) is 12.1 Å². The first kappa shape index (κ1) is 13.1. The van der Waals surface area contributed by atoms with Crippen LogP contribution in [0.5, 0.6) is 5.88 Å². The number of anilines is 2. The molecule has 0 spiro atoms. The minimum atomic E-state index is -0.485. The number of nitrogens with zero attached hydrogens (tertiary/aromatic N) is 1. The average Bonchev–Trinajstić information content (AvgIpc) is 2.41. The zero-order valence-electron chi connectivity index (χ0n) is 10.3. The van der Waals surface area contributed by atoms with E-state index in [0.717, 1.165) is 18.2 Å². The van der Waals surface area contributed by atoms with E-state index in [0.29, 0.717) is 11.5 Å². The lowest BCUT2D eigenvalue weighted by Gasteiger charge is -2.09. The molecule has 0 aliphatic carbocycles. The summed E-state index contributed by atoms with van der Waals surface area (Å²) in [6, 6.07) is 6.55. The summed E-state index contributed by atoms with van der Waals surface area (Å²) in [6.07, 6.45) is 0. The van der Waals surface area contributed by atoms with Gasteiger partial charge in [-0.15, -0.1) is 0 Å². The zero-order valence-corrected chi connectivity index (χ0v) is 10.3. The molecule has 1 aromatic carbocycles. The second-order valence-electron chi connectivity index (χ2n) is 3.88. The molecule has 1 heterocycles. The third kappa shape index (κ3) is 3.09. The Morgan fingerprint density at radius 1 is 1.26 bits per heavy atom. The Bertz CT molecular complexity index is 590. The van der Waals surface area contributed by atoms with Gasteiger partial charge in [0.05, 0.1) is 12.8 Å². The maximum atomic E-state index is 13.4. The van der Waals surface area contributed by atoms with E-state index < -0.39 is 11.6 Å². The molecule has 0 aliphatic rings. The van der Waals surface area contributed by atoms with Crippen molar-refractivity contribution < 1.29 is 13.5 Å². The van der Waals surface area contributed by atoms with Gasteiger partial charge in [0.25, 0.3) is 0 Å². The monoisotopic (exact) mass is 265 g/mol. The Hall–Kier alpha value is -2.37. The second kappa shape index (κ2) is 5.51. The van der Waals surface area contributed by atoms with Gasteiger partial charge in [-0.1, -0.05) is 0 Å². The van der Waals surface area contributed by atoms with Crippen LogP contribution in [0.4, 0.5) is 20.3 Å². The minimum Gasteiger partial charge on any atom is -0.479 e. The normalized spacial score (nSPS) is 10.3.